The third-order valence-corrected chi connectivity index (χ3v) is 3.70. The Morgan fingerprint density at radius 3 is 2.65 bits per heavy atom. The maximum Gasteiger partial charge on any atom is 0.339 e. The highest BCUT2D eigenvalue weighted by atomic mass is 19.1. The van der Waals surface area contributed by atoms with Crippen molar-refractivity contribution in [1.29, 1.82) is 0 Å². The molecule has 3 rings (SSSR count). The molecule has 0 bridgehead atoms. The van der Waals surface area contributed by atoms with Gasteiger partial charge in [0.15, 0.2) is 5.60 Å². The summed E-state index contributed by atoms with van der Waals surface area (Å²) >= 11 is 0. The zero-order chi connectivity index (χ0) is 16.6. The summed E-state index contributed by atoms with van der Waals surface area (Å²) in [6.45, 7) is 1.44. The normalized spacial score (nSPS) is 19.7. The first-order chi connectivity index (χ1) is 10.9. The predicted molar refractivity (Wildman–Crippen MR) is 79.0 cm³/mol. The molecule has 0 saturated carbocycles. The average molecular weight is 317 g/mol. The lowest BCUT2D eigenvalue weighted by molar-refractivity contribution is -0.134. The summed E-state index contributed by atoms with van der Waals surface area (Å²) < 4.78 is 31.8. The summed E-state index contributed by atoms with van der Waals surface area (Å²) in [7, 11) is 0. The Morgan fingerprint density at radius 2 is 1.91 bits per heavy atom. The molecule has 1 amide bonds. The Hall–Kier alpha value is -2.76. The van der Waals surface area contributed by atoms with Crippen LogP contribution in [0, 0.1) is 11.6 Å². The summed E-state index contributed by atoms with van der Waals surface area (Å²) in [5.41, 5.74) is -0.609. The van der Waals surface area contributed by atoms with E-state index in [0.29, 0.717) is 5.56 Å². The fraction of sp³-hybridized carbons (Fsp3) is 0.176. The predicted octanol–water partition coefficient (Wildman–Crippen LogP) is 3.08. The van der Waals surface area contributed by atoms with Gasteiger partial charge in [0, 0.05) is 12.1 Å². The van der Waals surface area contributed by atoms with Gasteiger partial charge in [-0.1, -0.05) is 6.07 Å². The van der Waals surface area contributed by atoms with Crippen LogP contribution in [0.1, 0.15) is 22.8 Å². The second kappa shape index (κ2) is 5.46. The van der Waals surface area contributed by atoms with Crippen LogP contribution in [0.15, 0.2) is 42.5 Å². The Labute approximate surface area is 131 Å². The molecule has 0 fully saturated rings. The number of fused-ring (bicyclic) bond motifs is 1. The first-order valence-electron chi connectivity index (χ1n) is 6.96. The van der Waals surface area contributed by atoms with Crippen molar-refractivity contribution < 1.29 is 23.1 Å². The molecule has 1 unspecified atom stereocenters. The van der Waals surface area contributed by atoms with Gasteiger partial charge in [-0.3, -0.25) is 4.79 Å². The van der Waals surface area contributed by atoms with Crippen molar-refractivity contribution in [3.8, 4) is 0 Å². The number of carbonyl (C=O) groups excluding carboxylic acids is 2. The van der Waals surface area contributed by atoms with E-state index in [1.165, 1.54) is 37.3 Å². The number of anilines is 1. The number of carbonyl (C=O) groups is 2. The SMILES string of the molecule is CC1(C(=O)Nc2cccc(F)c2)Cc2cc(F)ccc2C(=O)O1. The number of hydrogen-bond acceptors (Lipinski definition) is 3. The zero-order valence-corrected chi connectivity index (χ0v) is 12.2. The molecule has 1 aliphatic heterocycles. The van der Waals surface area contributed by atoms with Crippen LogP contribution in [0.2, 0.25) is 0 Å². The van der Waals surface area contributed by atoms with Gasteiger partial charge in [0.1, 0.15) is 11.6 Å². The highest BCUT2D eigenvalue weighted by molar-refractivity contribution is 6.02. The fourth-order valence-electron chi connectivity index (χ4n) is 2.52. The number of benzene rings is 2. The number of hydrogen-bond donors (Lipinski definition) is 1. The second-order valence-electron chi connectivity index (χ2n) is 5.56. The van der Waals surface area contributed by atoms with Gasteiger partial charge in [0.05, 0.1) is 5.56 Å². The fourth-order valence-corrected chi connectivity index (χ4v) is 2.52. The minimum atomic E-state index is -1.50. The quantitative estimate of drug-likeness (QED) is 0.866. The van der Waals surface area contributed by atoms with Crippen molar-refractivity contribution in [2.75, 3.05) is 5.32 Å². The van der Waals surface area contributed by atoms with E-state index in [4.69, 9.17) is 4.74 Å². The molecule has 0 aromatic heterocycles. The average Bonchev–Trinajstić information content (AvgIpc) is 2.46. The molecule has 118 valence electrons. The minimum absolute atomic E-state index is 0.0347. The van der Waals surface area contributed by atoms with E-state index in [9.17, 15) is 18.4 Å². The molecule has 6 heteroatoms. The summed E-state index contributed by atoms with van der Waals surface area (Å²) in [5, 5.41) is 2.51. The van der Waals surface area contributed by atoms with E-state index in [0.717, 1.165) is 12.1 Å². The van der Waals surface area contributed by atoms with Gasteiger partial charge in [-0.05, 0) is 48.9 Å². The Kier molecular flexibility index (Phi) is 3.60. The number of cyclic esters (lactones) is 1. The maximum absolute atomic E-state index is 13.4. The van der Waals surface area contributed by atoms with Gasteiger partial charge < -0.3 is 10.1 Å². The second-order valence-corrected chi connectivity index (χ2v) is 5.56. The van der Waals surface area contributed by atoms with E-state index < -0.39 is 29.1 Å². The van der Waals surface area contributed by atoms with Crippen LogP contribution in [-0.2, 0) is 16.0 Å². The molecule has 0 saturated heterocycles. The van der Waals surface area contributed by atoms with Gasteiger partial charge in [-0.2, -0.15) is 0 Å². The van der Waals surface area contributed by atoms with Gasteiger partial charge in [0.2, 0.25) is 0 Å². The largest absolute Gasteiger partial charge is 0.445 e. The van der Waals surface area contributed by atoms with Crippen molar-refractivity contribution in [3.05, 3.63) is 65.2 Å². The molecule has 2 aromatic rings. The van der Waals surface area contributed by atoms with E-state index in [2.05, 4.69) is 5.32 Å². The molecule has 23 heavy (non-hydrogen) atoms. The molecular weight excluding hydrogens is 304 g/mol. The van der Waals surface area contributed by atoms with E-state index >= 15 is 0 Å². The summed E-state index contributed by atoms with van der Waals surface area (Å²) in [5.74, 6) is -2.29. The molecule has 1 heterocycles. The van der Waals surface area contributed by atoms with Crippen LogP contribution >= 0.6 is 0 Å². The molecule has 0 aliphatic carbocycles. The number of rotatable bonds is 2. The van der Waals surface area contributed by atoms with Gasteiger partial charge in [-0.25, -0.2) is 13.6 Å². The topological polar surface area (TPSA) is 55.4 Å². The Morgan fingerprint density at radius 1 is 1.17 bits per heavy atom. The van der Waals surface area contributed by atoms with Crippen LogP contribution in [0.3, 0.4) is 0 Å². The lowest BCUT2D eigenvalue weighted by Crippen LogP contribution is -2.49. The van der Waals surface area contributed by atoms with Crippen molar-refractivity contribution in [2.24, 2.45) is 0 Å². The van der Waals surface area contributed by atoms with Crippen LogP contribution in [0.25, 0.3) is 0 Å². The monoisotopic (exact) mass is 317 g/mol. The van der Waals surface area contributed by atoms with Gasteiger partial charge >= 0.3 is 5.97 Å². The van der Waals surface area contributed by atoms with Crippen LogP contribution in [-0.4, -0.2) is 17.5 Å². The number of esters is 1. The number of ether oxygens (including phenoxy) is 1. The number of amides is 1. The Bertz CT molecular complexity index is 806. The third kappa shape index (κ3) is 2.92. The van der Waals surface area contributed by atoms with Crippen molar-refractivity contribution in [3.63, 3.8) is 0 Å². The van der Waals surface area contributed by atoms with Crippen LogP contribution in [0.5, 0.6) is 0 Å². The molecule has 1 N–H and O–H groups in total. The first-order valence-corrected chi connectivity index (χ1v) is 6.96. The zero-order valence-electron chi connectivity index (χ0n) is 12.2. The van der Waals surface area contributed by atoms with Crippen molar-refractivity contribution >= 4 is 17.6 Å². The van der Waals surface area contributed by atoms with E-state index in [1.807, 2.05) is 0 Å². The molecular formula is C17H13F2NO3. The highest BCUT2D eigenvalue weighted by Crippen LogP contribution is 2.30. The van der Waals surface area contributed by atoms with Crippen LogP contribution < -0.4 is 5.32 Å². The minimum Gasteiger partial charge on any atom is -0.445 e. The lowest BCUT2D eigenvalue weighted by Gasteiger charge is -2.33. The number of nitrogens with one attached hydrogen (secondary N) is 1. The summed E-state index contributed by atoms with van der Waals surface area (Å²) in [6, 6.07) is 9.07. The smallest absolute Gasteiger partial charge is 0.339 e. The maximum atomic E-state index is 13.4. The number of halogens is 2. The van der Waals surface area contributed by atoms with Gasteiger partial charge in [0.25, 0.3) is 5.91 Å². The molecule has 1 aliphatic rings. The highest BCUT2D eigenvalue weighted by Gasteiger charge is 2.42. The third-order valence-electron chi connectivity index (χ3n) is 3.70. The van der Waals surface area contributed by atoms with E-state index in [-0.39, 0.29) is 17.7 Å². The molecule has 2 aromatic carbocycles. The van der Waals surface area contributed by atoms with E-state index in [1.54, 1.807) is 0 Å². The molecule has 4 nitrogen and oxygen atoms in total. The van der Waals surface area contributed by atoms with Crippen molar-refractivity contribution in [1.82, 2.24) is 0 Å². The standard InChI is InChI=1S/C17H13F2NO3/c1-17(16(22)20-13-4-2-3-11(18)8-13)9-10-7-12(19)5-6-14(10)15(21)23-17/h2-8H,9H2,1H3,(H,20,22). The summed E-state index contributed by atoms with van der Waals surface area (Å²) in [4.78, 5) is 24.5. The van der Waals surface area contributed by atoms with Gasteiger partial charge in [-0.15, -0.1) is 0 Å². The molecule has 0 radical (unpaired) electrons. The lowest BCUT2D eigenvalue weighted by atomic mass is 9.89. The first kappa shape index (κ1) is 15.1. The summed E-state index contributed by atoms with van der Waals surface area (Å²) in [6.07, 6.45) is 0.0347. The molecule has 1 atom stereocenters. The van der Waals surface area contributed by atoms with Crippen molar-refractivity contribution in [2.45, 2.75) is 18.9 Å². The Balaban J connectivity index is 1.87. The van der Waals surface area contributed by atoms with Crippen LogP contribution in [0.4, 0.5) is 14.5 Å². The molecule has 0 spiro atoms.